The van der Waals surface area contributed by atoms with Crippen LogP contribution in [-0.4, -0.2) is 16.9 Å². The molecule has 1 atom stereocenters. The molecule has 1 N–H and O–H groups in total. The first-order valence-electron chi connectivity index (χ1n) is 6.17. The summed E-state index contributed by atoms with van der Waals surface area (Å²) < 4.78 is 38.4. The molecule has 1 fully saturated rings. The van der Waals surface area contributed by atoms with Crippen LogP contribution < -0.4 is 5.32 Å². The summed E-state index contributed by atoms with van der Waals surface area (Å²) >= 11 is 4.72. The molecule has 1 aromatic rings. The van der Waals surface area contributed by atoms with E-state index in [1.165, 1.54) is 6.07 Å². The Morgan fingerprint density at radius 3 is 2.70 bits per heavy atom. The topological polar surface area (TPSA) is 29.1 Å². The summed E-state index contributed by atoms with van der Waals surface area (Å²) in [4.78, 5) is 12.0. The molecule has 0 aliphatic carbocycles. The van der Waals surface area contributed by atoms with Crippen molar-refractivity contribution < 1.29 is 18.0 Å². The lowest BCUT2D eigenvalue weighted by Crippen LogP contribution is -2.27. The van der Waals surface area contributed by atoms with Gasteiger partial charge in [0.05, 0.1) is 16.5 Å². The predicted molar refractivity (Wildman–Crippen MR) is 77.9 cm³/mol. The van der Waals surface area contributed by atoms with E-state index in [1.54, 1.807) is 11.8 Å². The summed E-state index contributed by atoms with van der Waals surface area (Å²) in [5, 5.41) is 2.41. The van der Waals surface area contributed by atoms with Crippen molar-refractivity contribution in [3.05, 3.63) is 28.2 Å². The van der Waals surface area contributed by atoms with E-state index in [4.69, 9.17) is 0 Å². The number of thioether (sulfide) groups is 1. The molecule has 7 heteroatoms. The van der Waals surface area contributed by atoms with Gasteiger partial charge in [-0.15, -0.1) is 11.8 Å². The summed E-state index contributed by atoms with van der Waals surface area (Å²) in [5.74, 6) is 0.691. The molecule has 1 aliphatic rings. The summed E-state index contributed by atoms with van der Waals surface area (Å²) in [7, 11) is 0. The Bertz CT molecular complexity index is 501. The number of anilines is 1. The van der Waals surface area contributed by atoms with Crippen LogP contribution in [0.1, 0.15) is 24.8 Å². The minimum atomic E-state index is -4.42. The molecule has 1 saturated heterocycles. The van der Waals surface area contributed by atoms with E-state index in [-0.39, 0.29) is 16.8 Å². The minimum absolute atomic E-state index is 0.163. The highest BCUT2D eigenvalue weighted by molar-refractivity contribution is 9.10. The maximum absolute atomic E-state index is 12.7. The number of hydrogen-bond acceptors (Lipinski definition) is 2. The van der Waals surface area contributed by atoms with E-state index in [0.29, 0.717) is 4.47 Å². The van der Waals surface area contributed by atoms with Gasteiger partial charge in [-0.2, -0.15) is 13.2 Å². The molecule has 1 amide bonds. The van der Waals surface area contributed by atoms with Gasteiger partial charge in [0.1, 0.15) is 0 Å². The predicted octanol–water partition coefficient (Wildman–Crippen LogP) is 4.69. The second kappa shape index (κ2) is 6.39. The lowest BCUT2D eigenvalue weighted by Gasteiger charge is -2.21. The van der Waals surface area contributed by atoms with Gasteiger partial charge in [0.25, 0.3) is 0 Å². The van der Waals surface area contributed by atoms with Crippen molar-refractivity contribution in [2.45, 2.75) is 30.7 Å². The Kier molecular flexibility index (Phi) is 5.01. The van der Waals surface area contributed by atoms with E-state index in [2.05, 4.69) is 21.2 Å². The van der Waals surface area contributed by atoms with E-state index in [1.807, 2.05) is 0 Å². The van der Waals surface area contributed by atoms with Gasteiger partial charge in [-0.3, -0.25) is 4.79 Å². The zero-order valence-corrected chi connectivity index (χ0v) is 12.9. The average molecular weight is 368 g/mol. The molecule has 110 valence electrons. The molecule has 0 saturated carbocycles. The van der Waals surface area contributed by atoms with Gasteiger partial charge >= 0.3 is 6.18 Å². The molecule has 1 aliphatic heterocycles. The van der Waals surface area contributed by atoms with E-state index < -0.39 is 11.7 Å². The zero-order chi connectivity index (χ0) is 14.8. The first-order valence-corrected chi connectivity index (χ1v) is 8.01. The Morgan fingerprint density at radius 2 is 2.10 bits per heavy atom. The van der Waals surface area contributed by atoms with Gasteiger partial charge in [0, 0.05) is 4.47 Å². The maximum Gasteiger partial charge on any atom is 0.416 e. The van der Waals surface area contributed by atoms with E-state index in [9.17, 15) is 18.0 Å². The number of nitrogens with one attached hydrogen (secondary N) is 1. The summed E-state index contributed by atoms with van der Waals surface area (Å²) in [6.45, 7) is 0. The van der Waals surface area contributed by atoms with Crippen LogP contribution in [0.3, 0.4) is 0 Å². The fraction of sp³-hybridized carbons (Fsp3) is 0.462. The van der Waals surface area contributed by atoms with Crippen LogP contribution in [0.15, 0.2) is 22.7 Å². The second-order valence-electron chi connectivity index (χ2n) is 4.54. The normalized spacial score (nSPS) is 19.7. The van der Waals surface area contributed by atoms with Crippen LogP contribution >= 0.6 is 27.7 Å². The SMILES string of the molecule is O=C(Nc1cc(C(F)(F)F)ccc1Br)C1CCCCS1. The van der Waals surface area contributed by atoms with Gasteiger partial charge in [-0.05, 0) is 52.7 Å². The summed E-state index contributed by atoms with van der Waals surface area (Å²) in [5.41, 5.74) is -0.608. The van der Waals surface area contributed by atoms with Crippen molar-refractivity contribution in [1.29, 1.82) is 0 Å². The molecular weight excluding hydrogens is 355 g/mol. The number of rotatable bonds is 2. The molecule has 0 radical (unpaired) electrons. The van der Waals surface area contributed by atoms with E-state index in [0.717, 1.165) is 37.1 Å². The third-order valence-corrected chi connectivity index (χ3v) is 5.09. The Balaban J connectivity index is 2.13. The first kappa shape index (κ1) is 15.7. The third kappa shape index (κ3) is 3.91. The van der Waals surface area contributed by atoms with Crippen LogP contribution in [0.4, 0.5) is 18.9 Å². The average Bonchev–Trinajstić information content (AvgIpc) is 2.41. The fourth-order valence-electron chi connectivity index (χ4n) is 1.96. The molecule has 0 bridgehead atoms. The standard InChI is InChI=1S/C13H13BrF3NOS/c14-9-5-4-8(13(15,16)17)7-10(9)18-12(19)11-3-1-2-6-20-11/h4-5,7,11H,1-3,6H2,(H,18,19). The monoisotopic (exact) mass is 367 g/mol. The van der Waals surface area contributed by atoms with Crippen molar-refractivity contribution in [2.75, 3.05) is 11.1 Å². The van der Waals surface area contributed by atoms with Crippen LogP contribution in [0.5, 0.6) is 0 Å². The number of alkyl halides is 3. The number of amides is 1. The highest BCUT2D eigenvalue weighted by Crippen LogP contribution is 2.34. The molecule has 20 heavy (non-hydrogen) atoms. The Hall–Kier alpha value is -0.690. The third-order valence-electron chi connectivity index (χ3n) is 3.02. The van der Waals surface area contributed by atoms with Gasteiger partial charge in [0.15, 0.2) is 0 Å². The highest BCUT2D eigenvalue weighted by Gasteiger charge is 2.31. The molecule has 1 heterocycles. The zero-order valence-electron chi connectivity index (χ0n) is 10.5. The lowest BCUT2D eigenvalue weighted by molar-refractivity contribution is -0.137. The molecule has 1 aromatic carbocycles. The smallest absolute Gasteiger partial charge is 0.324 e. The molecule has 2 rings (SSSR count). The number of benzene rings is 1. The van der Waals surface area contributed by atoms with Crippen LogP contribution in [0, 0.1) is 0 Å². The molecule has 2 nitrogen and oxygen atoms in total. The first-order chi connectivity index (χ1) is 9.38. The number of hydrogen-bond donors (Lipinski definition) is 1. The highest BCUT2D eigenvalue weighted by atomic mass is 79.9. The molecule has 0 aromatic heterocycles. The van der Waals surface area contributed by atoms with Gasteiger partial charge in [-0.1, -0.05) is 6.42 Å². The van der Waals surface area contributed by atoms with Crippen LogP contribution in [-0.2, 0) is 11.0 Å². The van der Waals surface area contributed by atoms with Gasteiger partial charge in [-0.25, -0.2) is 0 Å². The number of carbonyl (C=O) groups is 1. The largest absolute Gasteiger partial charge is 0.416 e. The lowest BCUT2D eigenvalue weighted by atomic mass is 10.1. The fourth-order valence-corrected chi connectivity index (χ4v) is 3.50. The van der Waals surface area contributed by atoms with Crippen molar-refractivity contribution in [3.63, 3.8) is 0 Å². The minimum Gasteiger partial charge on any atom is -0.324 e. The van der Waals surface area contributed by atoms with Crippen molar-refractivity contribution in [2.24, 2.45) is 0 Å². The Morgan fingerprint density at radius 1 is 1.35 bits per heavy atom. The van der Waals surface area contributed by atoms with Gasteiger partial charge in [0.2, 0.25) is 5.91 Å². The van der Waals surface area contributed by atoms with Crippen molar-refractivity contribution in [1.82, 2.24) is 0 Å². The van der Waals surface area contributed by atoms with Crippen LogP contribution in [0.2, 0.25) is 0 Å². The van der Waals surface area contributed by atoms with Crippen molar-refractivity contribution >= 4 is 39.3 Å². The van der Waals surface area contributed by atoms with E-state index >= 15 is 0 Å². The maximum atomic E-state index is 12.7. The molecular formula is C13H13BrF3NOS. The van der Waals surface area contributed by atoms with Crippen molar-refractivity contribution in [3.8, 4) is 0 Å². The summed E-state index contributed by atoms with van der Waals surface area (Å²) in [6, 6.07) is 3.23. The van der Waals surface area contributed by atoms with Crippen LogP contribution in [0.25, 0.3) is 0 Å². The number of halogens is 4. The molecule has 0 spiro atoms. The quantitative estimate of drug-likeness (QED) is 0.821. The second-order valence-corrected chi connectivity index (χ2v) is 6.70. The Labute approximate surface area is 127 Å². The molecule has 1 unspecified atom stereocenters. The summed E-state index contributed by atoms with van der Waals surface area (Å²) in [6.07, 6.45) is -1.58. The van der Waals surface area contributed by atoms with Gasteiger partial charge < -0.3 is 5.32 Å². The number of carbonyl (C=O) groups excluding carboxylic acids is 1.